The SMILES string of the molecule is CCc1cn([C@@H]2CC(OC(C)=O)[C@H](CNC(=O)Cc3c(C)cc(O)cc3C)O2)c(=O)[nH]c1=O. The predicted octanol–water partition coefficient (Wildman–Crippen LogP) is 1.000. The topological polar surface area (TPSA) is 140 Å². The van der Waals surface area contributed by atoms with Crippen LogP contribution in [0.1, 0.15) is 48.8 Å². The van der Waals surface area contributed by atoms with Gasteiger partial charge in [-0.1, -0.05) is 6.92 Å². The molecule has 1 aromatic carbocycles. The van der Waals surface area contributed by atoms with E-state index in [1.807, 2.05) is 13.8 Å². The van der Waals surface area contributed by atoms with Gasteiger partial charge in [-0.05, 0) is 49.1 Å². The number of phenols is 1. The van der Waals surface area contributed by atoms with E-state index >= 15 is 0 Å². The standard InChI is InChI=1S/C23H29N3O7/c1-5-15-11-26(23(31)25-22(15)30)21-9-18(32-14(4)27)19(33-21)10-24-20(29)8-17-12(2)6-16(28)7-13(17)3/h6-7,11,18-19,21,28H,5,8-10H2,1-4H3,(H,24,29)(H,25,30,31)/t18?,19-,21-/m0/s1. The minimum Gasteiger partial charge on any atom is -0.508 e. The van der Waals surface area contributed by atoms with Gasteiger partial charge in [0.25, 0.3) is 5.56 Å². The fourth-order valence-corrected chi connectivity index (χ4v) is 4.07. The predicted molar refractivity (Wildman–Crippen MR) is 119 cm³/mol. The number of nitrogens with one attached hydrogen (secondary N) is 2. The molecule has 0 radical (unpaired) electrons. The Hall–Kier alpha value is -3.40. The number of carbonyl (C=O) groups excluding carboxylic acids is 2. The third kappa shape index (κ3) is 5.70. The number of esters is 1. The number of H-pyrrole nitrogens is 1. The van der Waals surface area contributed by atoms with Crippen molar-refractivity contribution in [3.05, 3.63) is 61.4 Å². The molecule has 2 aromatic rings. The molecule has 10 heteroatoms. The second-order valence-corrected chi connectivity index (χ2v) is 8.23. The number of nitrogens with zero attached hydrogens (tertiary/aromatic N) is 1. The number of amides is 1. The quantitative estimate of drug-likeness (QED) is 0.525. The zero-order chi connectivity index (χ0) is 24.3. The molecule has 0 aliphatic carbocycles. The molecule has 1 saturated heterocycles. The lowest BCUT2D eigenvalue weighted by Crippen LogP contribution is -2.39. The summed E-state index contributed by atoms with van der Waals surface area (Å²) < 4.78 is 12.6. The number of benzene rings is 1. The average Bonchev–Trinajstić information content (AvgIpc) is 3.10. The molecule has 3 rings (SSSR count). The lowest BCUT2D eigenvalue weighted by Gasteiger charge is -2.19. The van der Waals surface area contributed by atoms with Crippen molar-refractivity contribution in [2.75, 3.05) is 6.54 Å². The first-order valence-corrected chi connectivity index (χ1v) is 10.8. The summed E-state index contributed by atoms with van der Waals surface area (Å²) in [5.41, 5.74) is 1.80. The van der Waals surface area contributed by atoms with Gasteiger partial charge >= 0.3 is 11.7 Å². The Kier molecular flexibility index (Phi) is 7.37. The van der Waals surface area contributed by atoms with Gasteiger partial charge in [0.05, 0.1) is 6.42 Å². The van der Waals surface area contributed by atoms with E-state index in [1.54, 1.807) is 19.1 Å². The van der Waals surface area contributed by atoms with Crippen LogP contribution in [0.25, 0.3) is 0 Å². The lowest BCUT2D eigenvalue weighted by atomic mass is 9.99. The first-order valence-electron chi connectivity index (χ1n) is 10.8. The molecule has 1 aliphatic heterocycles. The highest BCUT2D eigenvalue weighted by atomic mass is 16.6. The summed E-state index contributed by atoms with van der Waals surface area (Å²) in [6.45, 7) is 6.79. The van der Waals surface area contributed by atoms with E-state index in [-0.39, 0.29) is 31.0 Å². The third-order valence-electron chi connectivity index (χ3n) is 5.75. The van der Waals surface area contributed by atoms with Gasteiger partial charge in [0.2, 0.25) is 5.91 Å². The van der Waals surface area contributed by atoms with Crippen molar-refractivity contribution in [1.82, 2.24) is 14.9 Å². The molecule has 33 heavy (non-hydrogen) atoms. The number of aromatic hydroxyl groups is 1. The van der Waals surface area contributed by atoms with Crippen molar-refractivity contribution < 1.29 is 24.2 Å². The molecule has 0 spiro atoms. The van der Waals surface area contributed by atoms with Gasteiger partial charge in [-0.25, -0.2) is 4.79 Å². The number of rotatable bonds is 7. The molecular formula is C23H29N3O7. The van der Waals surface area contributed by atoms with Crippen LogP contribution in [0.15, 0.2) is 27.9 Å². The van der Waals surface area contributed by atoms with Crippen molar-refractivity contribution in [1.29, 1.82) is 0 Å². The number of aromatic amines is 1. The summed E-state index contributed by atoms with van der Waals surface area (Å²) in [4.78, 5) is 50.6. The molecule has 3 N–H and O–H groups in total. The summed E-state index contributed by atoms with van der Waals surface area (Å²) in [6.07, 6.45) is 0.103. The van der Waals surface area contributed by atoms with Crippen LogP contribution in [0.3, 0.4) is 0 Å². The minimum absolute atomic E-state index is 0.0716. The second kappa shape index (κ2) is 10.0. The fraction of sp³-hybridized carbons (Fsp3) is 0.478. The first-order chi connectivity index (χ1) is 15.6. The molecule has 1 unspecified atom stereocenters. The monoisotopic (exact) mass is 459 g/mol. The van der Waals surface area contributed by atoms with Crippen molar-refractivity contribution in [3.8, 4) is 5.75 Å². The Balaban J connectivity index is 1.72. The van der Waals surface area contributed by atoms with E-state index in [4.69, 9.17) is 9.47 Å². The third-order valence-corrected chi connectivity index (χ3v) is 5.75. The lowest BCUT2D eigenvalue weighted by molar-refractivity contribution is -0.149. The second-order valence-electron chi connectivity index (χ2n) is 8.23. The highest BCUT2D eigenvalue weighted by molar-refractivity contribution is 5.79. The van der Waals surface area contributed by atoms with Crippen LogP contribution < -0.4 is 16.6 Å². The summed E-state index contributed by atoms with van der Waals surface area (Å²) >= 11 is 0. The van der Waals surface area contributed by atoms with Gasteiger partial charge in [0.15, 0.2) is 0 Å². The molecule has 1 fully saturated rings. The normalized spacial score (nSPS) is 19.9. The van der Waals surface area contributed by atoms with Gasteiger partial charge in [-0.2, -0.15) is 0 Å². The Morgan fingerprint density at radius 2 is 1.94 bits per heavy atom. The van der Waals surface area contributed by atoms with Crippen LogP contribution in [0.5, 0.6) is 5.75 Å². The zero-order valence-electron chi connectivity index (χ0n) is 19.1. The molecule has 1 aliphatic rings. The van der Waals surface area contributed by atoms with Crippen LogP contribution >= 0.6 is 0 Å². The van der Waals surface area contributed by atoms with Crippen molar-refractivity contribution in [2.45, 2.75) is 65.4 Å². The van der Waals surface area contributed by atoms with Crippen molar-refractivity contribution >= 4 is 11.9 Å². The largest absolute Gasteiger partial charge is 0.508 e. The fourth-order valence-electron chi connectivity index (χ4n) is 4.07. The van der Waals surface area contributed by atoms with E-state index < -0.39 is 35.7 Å². The van der Waals surface area contributed by atoms with E-state index in [0.29, 0.717) is 12.0 Å². The number of carbonyl (C=O) groups is 2. The number of phenolic OH excluding ortho intramolecular Hbond substituents is 1. The maximum Gasteiger partial charge on any atom is 0.330 e. The number of aromatic nitrogens is 2. The van der Waals surface area contributed by atoms with E-state index in [0.717, 1.165) is 16.7 Å². The maximum atomic E-state index is 12.6. The summed E-state index contributed by atoms with van der Waals surface area (Å²) in [5, 5.41) is 12.5. The minimum atomic E-state index is -0.757. The molecule has 1 aromatic heterocycles. The first kappa shape index (κ1) is 24.2. The van der Waals surface area contributed by atoms with Crippen LogP contribution in [-0.4, -0.2) is 45.3 Å². The van der Waals surface area contributed by atoms with Crippen LogP contribution in [0.4, 0.5) is 0 Å². The number of hydrogen-bond acceptors (Lipinski definition) is 7. The zero-order valence-corrected chi connectivity index (χ0v) is 19.1. The Morgan fingerprint density at radius 3 is 2.55 bits per heavy atom. The number of hydrogen-bond donors (Lipinski definition) is 3. The van der Waals surface area contributed by atoms with Crippen molar-refractivity contribution in [3.63, 3.8) is 0 Å². The smallest absolute Gasteiger partial charge is 0.330 e. The summed E-state index contributed by atoms with van der Waals surface area (Å²) in [6, 6.07) is 3.20. The molecule has 1 amide bonds. The van der Waals surface area contributed by atoms with Crippen LogP contribution in [-0.2, 0) is 31.9 Å². The van der Waals surface area contributed by atoms with Gasteiger partial charge < -0.3 is 19.9 Å². The van der Waals surface area contributed by atoms with E-state index in [1.165, 1.54) is 17.7 Å². The Morgan fingerprint density at radius 1 is 1.27 bits per heavy atom. The Bertz CT molecular complexity index is 1140. The van der Waals surface area contributed by atoms with Crippen molar-refractivity contribution in [2.24, 2.45) is 0 Å². The molecule has 0 bridgehead atoms. The molecule has 3 atom stereocenters. The van der Waals surface area contributed by atoms with Gasteiger partial charge in [-0.15, -0.1) is 0 Å². The maximum absolute atomic E-state index is 12.6. The average molecular weight is 459 g/mol. The highest BCUT2D eigenvalue weighted by Crippen LogP contribution is 2.30. The number of aryl methyl sites for hydroxylation is 3. The molecule has 178 valence electrons. The molecule has 0 saturated carbocycles. The molecular weight excluding hydrogens is 430 g/mol. The molecule has 10 nitrogen and oxygen atoms in total. The highest BCUT2D eigenvalue weighted by Gasteiger charge is 2.39. The summed E-state index contributed by atoms with van der Waals surface area (Å²) in [5.74, 6) is -0.610. The van der Waals surface area contributed by atoms with E-state index in [2.05, 4.69) is 10.3 Å². The summed E-state index contributed by atoms with van der Waals surface area (Å²) in [7, 11) is 0. The number of ether oxygens (including phenoxy) is 2. The van der Waals surface area contributed by atoms with Crippen LogP contribution in [0, 0.1) is 13.8 Å². The van der Waals surface area contributed by atoms with Gasteiger partial charge in [0, 0.05) is 31.6 Å². The van der Waals surface area contributed by atoms with Gasteiger partial charge in [-0.3, -0.25) is 23.9 Å². The van der Waals surface area contributed by atoms with E-state index in [9.17, 15) is 24.3 Å². The molecule has 2 heterocycles. The Labute approximate surface area is 190 Å². The van der Waals surface area contributed by atoms with Crippen LogP contribution in [0.2, 0.25) is 0 Å². The van der Waals surface area contributed by atoms with Gasteiger partial charge in [0.1, 0.15) is 24.2 Å².